The van der Waals surface area contributed by atoms with E-state index in [1.54, 1.807) is 17.5 Å². The van der Waals surface area contributed by atoms with Gasteiger partial charge in [0.1, 0.15) is 11.4 Å². The van der Waals surface area contributed by atoms with Crippen molar-refractivity contribution in [1.82, 2.24) is 20.2 Å². The summed E-state index contributed by atoms with van der Waals surface area (Å²) in [6.45, 7) is 1.94. The molecular formula is C7H7N5S. The quantitative estimate of drug-likeness (QED) is 0.727. The minimum atomic E-state index is 0.170. The molecule has 0 aliphatic rings. The minimum Gasteiger partial charge on any atom is -0.366 e. The highest BCUT2D eigenvalue weighted by molar-refractivity contribution is 7.09. The maximum absolute atomic E-state index is 5.39. The molecule has 2 rings (SSSR count). The summed E-state index contributed by atoms with van der Waals surface area (Å²) in [5.41, 5.74) is 6.85. The van der Waals surface area contributed by atoms with Crippen molar-refractivity contribution < 1.29 is 0 Å². The number of anilines is 1. The SMILES string of the molecule is Cc1nc(-c2cnnc(N)n2)cs1. The van der Waals surface area contributed by atoms with Crippen molar-refractivity contribution in [2.75, 3.05) is 5.73 Å². The summed E-state index contributed by atoms with van der Waals surface area (Å²) in [5.74, 6) is 0.170. The number of rotatable bonds is 1. The van der Waals surface area contributed by atoms with Gasteiger partial charge in [0.15, 0.2) is 0 Å². The van der Waals surface area contributed by atoms with Gasteiger partial charge in [0.2, 0.25) is 5.95 Å². The van der Waals surface area contributed by atoms with Crippen LogP contribution < -0.4 is 5.73 Å². The standard InChI is InChI=1S/C7H7N5S/c1-4-10-6(3-13-4)5-2-9-12-7(8)11-5/h2-3H,1H3,(H2,8,11,12). The molecule has 0 bridgehead atoms. The van der Waals surface area contributed by atoms with Gasteiger partial charge in [-0.2, -0.15) is 5.10 Å². The van der Waals surface area contributed by atoms with Crippen LogP contribution in [-0.2, 0) is 0 Å². The minimum absolute atomic E-state index is 0.170. The molecule has 0 aliphatic carbocycles. The van der Waals surface area contributed by atoms with Gasteiger partial charge in [-0.25, -0.2) is 9.97 Å². The van der Waals surface area contributed by atoms with Gasteiger partial charge in [-0.15, -0.1) is 16.4 Å². The molecule has 13 heavy (non-hydrogen) atoms. The molecular weight excluding hydrogens is 186 g/mol. The fourth-order valence-corrected chi connectivity index (χ4v) is 1.53. The molecule has 0 saturated carbocycles. The summed E-state index contributed by atoms with van der Waals surface area (Å²) in [7, 11) is 0. The van der Waals surface area contributed by atoms with Crippen LogP contribution >= 0.6 is 11.3 Å². The van der Waals surface area contributed by atoms with Gasteiger partial charge in [-0.3, -0.25) is 0 Å². The van der Waals surface area contributed by atoms with Crippen molar-refractivity contribution >= 4 is 17.3 Å². The Morgan fingerprint density at radius 3 is 2.77 bits per heavy atom. The Morgan fingerprint density at radius 1 is 1.31 bits per heavy atom. The molecule has 6 heteroatoms. The number of nitrogens with zero attached hydrogens (tertiary/aromatic N) is 4. The number of aromatic nitrogens is 4. The molecule has 0 atom stereocenters. The first-order valence-electron chi connectivity index (χ1n) is 3.63. The lowest BCUT2D eigenvalue weighted by Gasteiger charge is -1.93. The molecule has 2 aromatic heterocycles. The largest absolute Gasteiger partial charge is 0.366 e. The molecule has 0 saturated heterocycles. The molecule has 0 spiro atoms. The normalized spacial score (nSPS) is 10.2. The Labute approximate surface area is 78.7 Å². The zero-order valence-electron chi connectivity index (χ0n) is 6.93. The summed E-state index contributed by atoms with van der Waals surface area (Å²) in [6, 6.07) is 0. The predicted octanol–water partition coefficient (Wildman–Crippen LogP) is 0.886. The van der Waals surface area contributed by atoms with E-state index in [9.17, 15) is 0 Å². The van der Waals surface area contributed by atoms with Gasteiger partial charge in [-0.1, -0.05) is 0 Å². The Kier molecular flexibility index (Phi) is 1.90. The third-order valence-corrected chi connectivity index (χ3v) is 2.23. The van der Waals surface area contributed by atoms with Crippen molar-refractivity contribution in [3.63, 3.8) is 0 Å². The van der Waals surface area contributed by atoms with Crippen LogP contribution in [0.3, 0.4) is 0 Å². The fraction of sp³-hybridized carbons (Fsp3) is 0.143. The Morgan fingerprint density at radius 2 is 2.15 bits per heavy atom. The van der Waals surface area contributed by atoms with Crippen LogP contribution in [-0.4, -0.2) is 20.2 Å². The Hall–Kier alpha value is -1.56. The van der Waals surface area contributed by atoms with Gasteiger partial charge < -0.3 is 5.73 Å². The molecule has 0 aromatic carbocycles. The lowest BCUT2D eigenvalue weighted by molar-refractivity contribution is 0.986. The molecule has 0 unspecified atom stereocenters. The molecule has 0 aliphatic heterocycles. The first-order chi connectivity index (χ1) is 6.25. The van der Waals surface area contributed by atoms with E-state index >= 15 is 0 Å². The number of thiazole rings is 1. The lowest BCUT2D eigenvalue weighted by atomic mass is 10.4. The zero-order chi connectivity index (χ0) is 9.26. The van der Waals surface area contributed by atoms with Gasteiger partial charge in [0.25, 0.3) is 0 Å². The van der Waals surface area contributed by atoms with Crippen LogP contribution in [0.1, 0.15) is 5.01 Å². The number of hydrogen-bond acceptors (Lipinski definition) is 6. The molecule has 2 aromatic rings. The Balaban J connectivity index is 2.46. The number of nitrogen functional groups attached to an aromatic ring is 1. The molecule has 5 nitrogen and oxygen atoms in total. The average molecular weight is 193 g/mol. The monoisotopic (exact) mass is 193 g/mol. The van der Waals surface area contributed by atoms with Crippen molar-refractivity contribution in [1.29, 1.82) is 0 Å². The Bertz CT molecular complexity index is 424. The topological polar surface area (TPSA) is 77.6 Å². The maximum atomic E-state index is 5.39. The maximum Gasteiger partial charge on any atom is 0.240 e. The smallest absolute Gasteiger partial charge is 0.240 e. The highest BCUT2D eigenvalue weighted by atomic mass is 32.1. The second kappa shape index (κ2) is 3.06. The summed E-state index contributed by atoms with van der Waals surface area (Å²) < 4.78 is 0. The van der Waals surface area contributed by atoms with Crippen LogP contribution in [0, 0.1) is 6.92 Å². The van der Waals surface area contributed by atoms with Crippen LogP contribution in [0.25, 0.3) is 11.4 Å². The molecule has 66 valence electrons. The third-order valence-electron chi connectivity index (χ3n) is 1.46. The fourth-order valence-electron chi connectivity index (χ4n) is 0.922. The van der Waals surface area contributed by atoms with E-state index in [1.807, 2.05) is 12.3 Å². The van der Waals surface area contributed by atoms with Crippen molar-refractivity contribution in [2.24, 2.45) is 0 Å². The summed E-state index contributed by atoms with van der Waals surface area (Å²) >= 11 is 1.56. The van der Waals surface area contributed by atoms with E-state index in [0.717, 1.165) is 10.7 Å². The zero-order valence-corrected chi connectivity index (χ0v) is 7.75. The lowest BCUT2D eigenvalue weighted by Crippen LogP contribution is -1.98. The van der Waals surface area contributed by atoms with Crippen LogP contribution in [0.15, 0.2) is 11.6 Å². The predicted molar refractivity (Wildman–Crippen MR) is 50.1 cm³/mol. The van der Waals surface area contributed by atoms with Crippen LogP contribution in [0.5, 0.6) is 0 Å². The second-order valence-electron chi connectivity index (χ2n) is 2.45. The molecule has 2 heterocycles. The van der Waals surface area contributed by atoms with Crippen molar-refractivity contribution in [3.05, 3.63) is 16.6 Å². The summed E-state index contributed by atoms with van der Waals surface area (Å²) in [6.07, 6.45) is 1.55. The van der Waals surface area contributed by atoms with Gasteiger partial charge in [-0.05, 0) is 6.92 Å². The van der Waals surface area contributed by atoms with Gasteiger partial charge in [0.05, 0.1) is 11.2 Å². The molecule has 0 radical (unpaired) electrons. The van der Waals surface area contributed by atoms with Crippen LogP contribution in [0.4, 0.5) is 5.95 Å². The first-order valence-corrected chi connectivity index (χ1v) is 4.51. The summed E-state index contributed by atoms with van der Waals surface area (Å²) in [5, 5.41) is 10.2. The van der Waals surface area contributed by atoms with Crippen LogP contribution in [0.2, 0.25) is 0 Å². The van der Waals surface area contributed by atoms with Gasteiger partial charge >= 0.3 is 0 Å². The van der Waals surface area contributed by atoms with Gasteiger partial charge in [0, 0.05) is 5.38 Å². The third kappa shape index (κ3) is 1.62. The van der Waals surface area contributed by atoms with E-state index in [2.05, 4.69) is 20.2 Å². The second-order valence-corrected chi connectivity index (χ2v) is 3.51. The van der Waals surface area contributed by atoms with E-state index in [0.29, 0.717) is 5.69 Å². The number of aryl methyl sites for hydroxylation is 1. The first kappa shape index (κ1) is 8.06. The average Bonchev–Trinajstić information content (AvgIpc) is 2.52. The molecule has 2 N–H and O–H groups in total. The van der Waals surface area contributed by atoms with Crippen molar-refractivity contribution in [2.45, 2.75) is 6.92 Å². The molecule has 0 fully saturated rings. The van der Waals surface area contributed by atoms with E-state index in [4.69, 9.17) is 5.73 Å². The summed E-state index contributed by atoms with van der Waals surface area (Å²) in [4.78, 5) is 8.26. The number of hydrogen-bond donors (Lipinski definition) is 1. The molecule has 0 amide bonds. The number of nitrogens with two attached hydrogens (primary N) is 1. The van der Waals surface area contributed by atoms with E-state index < -0.39 is 0 Å². The highest BCUT2D eigenvalue weighted by Crippen LogP contribution is 2.18. The van der Waals surface area contributed by atoms with Crippen molar-refractivity contribution in [3.8, 4) is 11.4 Å². The van der Waals surface area contributed by atoms with E-state index in [-0.39, 0.29) is 5.95 Å². The highest BCUT2D eigenvalue weighted by Gasteiger charge is 2.04. The van der Waals surface area contributed by atoms with E-state index in [1.165, 1.54) is 0 Å².